The summed E-state index contributed by atoms with van der Waals surface area (Å²) in [5.74, 6) is 5.66. The maximum absolute atomic E-state index is 11.9. The van der Waals surface area contributed by atoms with E-state index in [9.17, 15) is 4.79 Å². The first kappa shape index (κ1) is 14.7. The van der Waals surface area contributed by atoms with E-state index in [2.05, 4.69) is 15.4 Å². The standard InChI is InChI=1S/C14H17N5O2/c1-8-12(13(20)19-16)11(18-14(15)17-8)7-9-3-5-10(21-2)6-4-9/h3-6H,7,16H2,1-2H3,(H,19,20)(H2,15,17,18). The third-order valence-corrected chi connectivity index (χ3v) is 3.07. The first-order chi connectivity index (χ1) is 10.0. The molecule has 0 radical (unpaired) electrons. The summed E-state index contributed by atoms with van der Waals surface area (Å²) < 4.78 is 5.11. The second kappa shape index (κ2) is 6.19. The second-order valence-electron chi connectivity index (χ2n) is 4.49. The summed E-state index contributed by atoms with van der Waals surface area (Å²) in [6.45, 7) is 1.69. The Morgan fingerprint density at radius 1 is 1.29 bits per heavy atom. The number of amides is 1. The van der Waals surface area contributed by atoms with E-state index in [0.717, 1.165) is 11.3 Å². The first-order valence-electron chi connectivity index (χ1n) is 6.32. The first-order valence-corrected chi connectivity index (χ1v) is 6.32. The number of aryl methyl sites for hydroxylation is 1. The van der Waals surface area contributed by atoms with E-state index in [-0.39, 0.29) is 5.95 Å². The molecular weight excluding hydrogens is 270 g/mol. The van der Waals surface area contributed by atoms with E-state index < -0.39 is 5.91 Å². The van der Waals surface area contributed by atoms with E-state index in [1.54, 1.807) is 14.0 Å². The molecule has 0 spiro atoms. The molecule has 0 unspecified atom stereocenters. The van der Waals surface area contributed by atoms with Gasteiger partial charge in [0, 0.05) is 6.42 Å². The van der Waals surface area contributed by atoms with Gasteiger partial charge in [0.15, 0.2) is 0 Å². The molecule has 2 aromatic rings. The normalized spacial score (nSPS) is 10.2. The number of rotatable bonds is 4. The molecule has 0 aliphatic carbocycles. The fourth-order valence-corrected chi connectivity index (χ4v) is 2.09. The van der Waals surface area contributed by atoms with Crippen LogP contribution in [0.1, 0.15) is 27.3 Å². The van der Waals surface area contributed by atoms with Crippen molar-refractivity contribution in [2.45, 2.75) is 13.3 Å². The number of hydrogen-bond acceptors (Lipinski definition) is 6. The molecular formula is C14H17N5O2. The van der Waals surface area contributed by atoms with Crippen LogP contribution in [0.5, 0.6) is 5.75 Å². The number of ether oxygens (including phenoxy) is 1. The maximum Gasteiger partial charge on any atom is 0.268 e. The van der Waals surface area contributed by atoms with Gasteiger partial charge in [-0.25, -0.2) is 15.8 Å². The Labute approximate surface area is 122 Å². The Bertz CT molecular complexity index is 655. The molecule has 0 saturated heterocycles. The van der Waals surface area contributed by atoms with Crippen molar-refractivity contribution in [1.29, 1.82) is 0 Å². The van der Waals surface area contributed by atoms with E-state index in [0.29, 0.717) is 23.4 Å². The highest BCUT2D eigenvalue weighted by Gasteiger charge is 2.17. The van der Waals surface area contributed by atoms with Gasteiger partial charge in [-0.1, -0.05) is 12.1 Å². The molecule has 0 atom stereocenters. The summed E-state index contributed by atoms with van der Waals surface area (Å²) in [7, 11) is 1.60. The van der Waals surface area contributed by atoms with E-state index >= 15 is 0 Å². The van der Waals surface area contributed by atoms with Crippen LogP contribution in [-0.2, 0) is 6.42 Å². The van der Waals surface area contributed by atoms with Crippen molar-refractivity contribution in [3.8, 4) is 5.75 Å². The number of carbonyl (C=O) groups excluding carboxylic acids is 1. The van der Waals surface area contributed by atoms with E-state index in [1.165, 1.54) is 0 Å². The molecule has 1 aromatic carbocycles. The number of hydrogen-bond donors (Lipinski definition) is 3. The highest BCUT2D eigenvalue weighted by Crippen LogP contribution is 2.18. The summed E-state index contributed by atoms with van der Waals surface area (Å²) in [5.41, 5.74) is 10.1. The molecule has 5 N–H and O–H groups in total. The lowest BCUT2D eigenvalue weighted by molar-refractivity contribution is 0.0951. The van der Waals surface area contributed by atoms with Crippen molar-refractivity contribution < 1.29 is 9.53 Å². The summed E-state index contributed by atoms with van der Waals surface area (Å²) in [6, 6.07) is 7.48. The Morgan fingerprint density at radius 2 is 1.95 bits per heavy atom. The zero-order valence-electron chi connectivity index (χ0n) is 11.9. The third kappa shape index (κ3) is 3.26. The van der Waals surface area contributed by atoms with Gasteiger partial charge in [-0.05, 0) is 24.6 Å². The van der Waals surface area contributed by atoms with Crippen LogP contribution in [0, 0.1) is 6.92 Å². The molecule has 0 fully saturated rings. The second-order valence-corrected chi connectivity index (χ2v) is 4.49. The van der Waals surface area contributed by atoms with Crippen molar-refractivity contribution >= 4 is 11.9 Å². The topological polar surface area (TPSA) is 116 Å². The van der Waals surface area contributed by atoms with Crippen LogP contribution in [0.15, 0.2) is 24.3 Å². The lowest BCUT2D eigenvalue weighted by Crippen LogP contribution is -2.32. The van der Waals surface area contributed by atoms with Crippen LogP contribution in [0.4, 0.5) is 5.95 Å². The molecule has 2 rings (SSSR count). The molecule has 7 heteroatoms. The molecule has 7 nitrogen and oxygen atoms in total. The molecule has 0 aliphatic rings. The monoisotopic (exact) mass is 287 g/mol. The lowest BCUT2D eigenvalue weighted by atomic mass is 10.0. The summed E-state index contributed by atoms with van der Waals surface area (Å²) in [6.07, 6.45) is 0.445. The highest BCUT2D eigenvalue weighted by atomic mass is 16.5. The largest absolute Gasteiger partial charge is 0.497 e. The molecule has 0 bridgehead atoms. The fourth-order valence-electron chi connectivity index (χ4n) is 2.09. The Kier molecular flexibility index (Phi) is 4.34. The number of nitrogens with one attached hydrogen (secondary N) is 1. The predicted molar refractivity (Wildman–Crippen MR) is 78.6 cm³/mol. The number of benzene rings is 1. The summed E-state index contributed by atoms with van der Waals surface area (Å²) in [4.78, 5) is 20.0. The number of anilines is 1. The van der Waals surface area contributed by atoms with Crippen LogP contribution >= 0.6 is 0 Å². The summed E-state index contributed by atoms with van der Waals surface area (Å²) in [5, 5.41) is 0. The molecule has 1 aromatic heterocycles. The molecule has 0 aliphatic heterocycles. The van der Waals surface area contributed by atoms with Crippen LogP contribution in [-0.4, -0.2) is 23.0 Å². The van der Waals surface area contributed by atoms with Gasteiger partial charge in [0.05, 0.1) is 24.1 Å². The molecule has 0 saturated carbocycles. The van der Waals surface area contributed by atoms with Crippen LogP contribution in [0.2, 0.25) is 0 Å². The van der Waals surface area contributed by atoms with Gasteiger partial charge in [0.25, 0.3) is 5.91 Å². The van der Waals surface area contributed by atoms with Gasteiger partial charge in [-0.2, -0.15) is 0 Å². The average molecular weight is 287 g/mol. The van der Waals surface area contributed by atoms with Crippen molar-refractivity contribution in [2.24, 2.45) is 5.84 Å². The minimum atomic E-state index is -0.434. The number of nitrogens with zero attached hydrogens (tertiary/aromatic N) is 2. The predicted octanol–water partition coefficient (Wildman–Crippen LogP) is 0.570. The fraction of sp³-hybridized carbons (Fsp3) is 0.214. The summed E-state index contributed by atoms with van der Waals surface area (Å²) >= 11 is 0. The van der Waals surface area contributed by atoms with Crippen molar-refractivity contribution in [3.05, 3.63) is 46.8 Å². The smallest absolute Gasteiger partial charge is 0.268 e. The molecule has 1 amide bonds. The number of methoxy groups -OCH3 is 1. The maximum atomic E-state index is 11.9. The van der Waals surface area contributed by atoms with Crippen LogP contribution < -0.4 is 21.7 Å². The Hall–Kier alpha value is -2.67. The SMILES string of the molecule is COc1ccc(Cc2nc(N)nc(C)c2C(=O)NN)cc1. The lowest BCUT2D eigenvalue weighted by Gasteiger charge is -2.11. The van der Waals surface area contributed by atoms with Crippen molar-refractivity contribution in [2.75, 3.05) is 12.8 Å². The molecule has 1 heterocycles. The van der Waals surface area contributed by atoms with E-state index in [1.807, 2.05) is 24.3 Å². The van der Waals surface area contributed by atoms with Crippen molar-refractivity contribution in [1.82, 2.24) is 15.4 Å². The zero-order valence-corrected chi connectivity index (χ0v) is 11.9. The number of aromatic nitrogens is 2. The number of hydrazine groups is 1. The number of nitrogens with two attached hydrogens (primary N) is 2. The van der Waals surface area contributed by atoms with Crippen LogP contribution in [0.25, 0.3) is 0 Å². The van der Waals surface area contributed by atoms with Gasteiger partial charge in [0.2, 0.25) is 5.95 Å². The van der Waals surface area contributed by atoms with Gasteiger partial charge < -0.3 is 10.5 Å². The van der Waals surface area contributed by atoms with Crippen LogP contribution in [0.3, 0.4) is 0 Å². The minimum Gasteiger partial charge on any atom is -0.497 e. The third-order valence-electron chi connectivity index (χ3n) is 3.07. The van der Waals surface area contributed by atoms with Gasteiger partial charge in [-0.3, -0.25) is 10.2 Å². The van der Waals surface area contributed by atoms with Crippen molar-refractivity contribution in [3.63, 3.8) is 0 Å². The Morgan fingerprint density at radius 3 is 2.52 bits per heavy atom. The highest BCUT2D eigenvalue weighted by molar-refractivity contribution is 5.96. The quantitative estimate of drug-likeness (QED) is 0.430. The number of carbonyl (C=O) groups is 1. The Balaban J connectivity index is 2.39. The average Bonchev–Trinajstić information content (AvgIpc) is 2.47. The van der Waals surface area contributed by atoms with Gasteiger partial charge >= 0.3 is 0 Å². The molecule has 21 heavy (non-hydrogen) atoms. The van der Waals surface area contributed by atoms with Gasteiger partial charge in [-0.15, -0.1) is 0 Å². The van der Waals surface area contributed by atoms with E-state index in [4.69, 9.17) is 16.3 Å². The van der Waals surface area contributed by atoms with Gasteiger partial charge in [0.1, 0.15) is 5.75 Å². The zero-order chi connectivity index (χ0) is 15.4. The minimum absolute atomic E-state index is 0.129. The number of nitrogen functional groups attached to an aromatic ring is 2. The molecule has 110 valence electrons.